The van der Waals surface area contributed by atoms with Crippen LogP contribution in [0.25, 0.3) is 11.1 Å². The predicted molar refractivity (Wildman–Crippen MR) is 105 cm³/mol. The number of hydrogen-bond donors (Lipinski definition) is 1. The highest BCUT2D eigenvalue weighted by molar-refractivity contribution is 6.31. The van der Waals surface area contributed by atoms with E-state index in [2.05, 4.69) is 0 Å². The van der Waals surface area contributed by atoms with Gasteiger partial charge in [0.05, 0.1) is 11.1 Å². The summed E-state index contributed by atoms with van der Waals surface area (Å²) < 4.78 is 13.3. The summed E-state index contributed by atoms with van der Waals surface area (Å²) in [6.45, 7) is 1.44. The van der Waals surface area contributed by atoms with E-state index in [1.165, 1.54) is 6.07 Å². The topological polar surface area (TPSA) is 49.6 Å². The quantitative estimate of drug-likeness (QED) is 0.806. The summed E-state index contributed by atoms with van der Waals surface area (Å²) in [5.74, 6) is -0.504. The number of nitrogens with zero attached hydrogens (tertiary/aromatic N) is 2. The second-order valence-corrected chi connectivity index (χ2v) is 7.11. The zero-order valence-corrected chi connectivity index (χ0v) is 16.1. The second-order valence-electron chi connectivity index (χ2n) is 6.70. The average Bonchev–Trinajstić information content (AvgIpc) is 2.62. The van der Waals surface area contributed by atoms with Crippen molar-refractivity contribution < 1.29 is 9.18 Å². The van der Waals surface area contributed by atoms with E-state index in [9.17, 15) is 9.18 Å². The molecule has 0 heterocycles. The van der Waals surface area contributed by atoms with Gasteiger partial charge in [0.25, 0.3) is 0 Å². The minimum atomic E-state index is -0.576. The van der Waals surface area contributed by atoms with Gasteiger partial charge in [-0.05, 0) is 49.3 Å². The number of rotatable bonds is 7. The van der Waals surface area contributed by atoms with Crippen LogP contribution < -0.4 is 5.73 Å². The first-order chi connectivity index (χ1) is 12.3. The Morgan fingerprint density at radius 2 is 1.69 bits per heavy atom. The summed E-state index contributed by atoms with van der Waals surface area (Å²) >= 11 is 5.84. The third kappa shape index (κ3) is 5.53. The minimum absolute atomic E-state index is 0.0683. The zero-order valence-electron chi connectivity index (χ0n) is 15.4. The Morgan fingerprint density at radius 3 is 2.27 bits per heavy atom. The lowest BCUT2D eigenvalue weighted by Gasteiger charge is -2.23. The molecule has 2 N–H and O–H groups in total. The lowest BCUT2D eigenvalue weighted by Crippen LogP contribution is -2.45. The molecule has 1 amide bonds. The summed E-state index contributed by atoms with van der Waals surface area (Å²) in [4.78, 5) is 16.0. The van der Waals surface area contributed by atoms with Gasteiger partial charge in [-0.3, -0.25) is 4.79 Å². The van der Waals surface area contributed by atoms with Gasteiger partial charge >= 0.3 is 0 Å². The molecule has 140 valence electrons. The Labute approximate surface area is 159 Å². The molecule has 0 aliphatic rings. The molecule has 1 atom stereocenters. The fourth-order valence-electron chi connectivity index (χ4n) is 2.59. The molecule has 0 saturated carbocycles. The molecule has 4 nitrogen and oxygen atoms in total. The van der Waals surface area contributed by atoms with Crippen LogP contribution in [0.2, 0.25) is 5.02 Å². The van der Waals surface area contributed by atoms with Gasteiger partial charge in [-0.25, -0.2) is 4.39 Å². The summed E-state index contributed by atoms with van der Waals surface area (Å²) in [5.41, 5.74) is 8.82. The first kappa shape index (κ1) is 20.4. The standard InChI is InChI=1S/C20H25ClFN3O/c1-24(2)10-11-25(3)20(26)19(23)12-14-4-6-15(7-5-14)16-8-9-18(22)17(21)13-16/h4-9,13,19H,10-12,23H2,1-3H3/t19-/m1/s1. The molecule has 0 fully saturated rings. The van der Waals surface area contributed by atoms with Crippen molar-refractivity contribution in [1.82, 2.24) is 9.80 Å². The van der Waals surface area contributed by atoms with Crippen molar-refractivity contribution in [3.05, 3.63) is 58.9 Å². The number of amides is 1. The fraction of sp³-hybridized carbons (Fsp3) is 0.350. The molecule has 2 aromatic rings. The maximum Gasteiger partial charge on any atom is 0.239 e. The van der Waals surface area contributed by atoms with Crippen LogP contribution in [0.4, 0.5) is 4.39 Å². The number of benzene rings is 2. The lowest BCUT2D eigenvalue weighted by molar-refractivity contribution is -0.131. The van der Waals surface area contributed by atoms with Crippen molar-refractivity contribution in [2.24, 2.45) is 5.73 Å². The molecule has 6 heteroatoms. The summed E-state index contributed by atoms with van der Waals surface area (Å²) in [6, 6.07) is 11.8. The molecule has 0 aliphatic carbocycles. The molecule has 0 radical (unpaired) electrons. The molecule has 2 aromatic carbocycles. The van der Waals surface area contributed by atoms with Gasteiger partial charge in [-0.15, -0.1) is 0 Å². The zero-order chi connectivity index (χ0) is 19.3. The number of likely N-dealkylation sites (N-methyl/N-ethyl adjacent to an activating group) is 2. The number of nitrogens with two attached hydrogens (primary N) is 1. The van der Waals surface area contributed by atoms with Crippen LogP contribution >= 0.6 is 11.6 Å². The van der Waals surface area contributed by atoms with E-state index in [4.69, 9.17) is 17.3 Å². The van der Waals surface area contributed by atoms with Crippen molar-refractivity contribution in [3.8, 4) is 11.1 Å². The highest BCUT2D eigenvalue weighted by atomic mass is 35.5. The van der Waals surface area contributed by atoms with E-state index in [0.717, 1.165) is 23.2 Å². The Balaban J connectivity index is 1.99. The Morgan fingerprint density at radius 1 is 1.08 bits per heavy atom. The SMILES string of the molecule is CN(C)CCN(C)C(=O)[C@H](N)Cc1ccc(-c2ccc(F)c(Cl)c2)cc1. The highest BCUT2D eigenvalue weighted by Gasteiger charge is 2.18. The average molecular weight is 378 g/mol. The highest BCUT2D eigenvalue weighted by Crippen LogP contribution is 2.25. The smallest absolute Gasteiger partial charge is 0.239 e. The second kappa shape index (κ2) is 9.12. The van der Waals surface area contributed by atoms with Gasteiger partial charge in [0, 0.05) is 20.1 Å². The minimum Gasteiger partial charge on any atom is -0.343 e. The van der Waals surface area contributed by atoms with Crippen LogP contribution in [0, 0.1) is 5.82 Å². The van der Waals surface area contributed by atoms with E-state index < -0.39 is 11.9 Å². The molecular weight excluding hydrogens is 353 g/mol. The predicted octanol–water partition coefficient (Wildman–Crippen LogP) is 3.04. The van der Waals surface area contributed by atoms with Crippen LogP contribution in [0.3, 0.4) is 0 Å². The monoisotopic (exact) mass is 377 g/mol. The molecule has 0 aromatic heterocycles. The Hall–Kier alpha value is -1.95. The Kier molecular flexibility index (Phi) is 7.14. The van der Waals surface area contributed by atoms with Crippen LogP contribution in [-0.2, 0) is 11.2 Å². The summed E-state index contributed by atoms with van der Waals surface area (Å²) in [6.07, 6.45) is 0.468. The normalized spacial score (nSPS) is 12.3. The van der Waals surface area contributed by atoms with E-state index in [1.807, 2.05) is 43.3 Å². The van der Waals surface area contributed by atoms with E-state index in [-0.39, 0.29) is 10.9 Å². The molecule has 0 spiro atoms. The molecule has 0 unspecified atom stereocenters. The maximum atomic E-state index is 13.3. The number of carbonyl (C=O) groups excluding carboxylic acids is 1. The third-order valence-electron chi connectivity index (χ3n) is 4.24. The van der Waals surface area contributed by atoms with Crippen molar-refractivity contribution in [3.63, 3.8) is 0 Å². The molecular formula is C20H25ClFN3O. The molecule has 0 saturated heterocycles. The maximum absolute atomic E-state index is 13.3. The third-order valence-corrected chi connectivity index (χ3v) is 4.53. The summed E-state index contributed by atoms with van der Waals surface area (Å²) in [7, 11) is 5.70. The number of hydrogen-bond acceptors (Lipinski definition) is 3. The van der Waals surface area contributed by atoms with Crippen molar-refractivity contribution in [1.29, 1.82) is 0 Å². The van der Waals surface area contributed by atoms with Crippen LogP contribution in [0.5, 0.6) is 0 Å². The van der Waals surface area contributed by atoms with E-state index in [0.29, 0.717) is 13.0 Å². The fourth-order valence-corrected chi connectivity index (χ4v) is 2.77. The molecule has 0 bridgehead atoms. The Bertz CT molecular complexity index is 749. The summed E-state index contributed by atoms with van der Waals surface area (Å²) in [5, 5.41) is 0.0972. The number of halogens is 2. The van der Waals surface area contributed by atoms with Gasteiger partial charge in [-0.1, -0.05) is 41.9 Å². The van der Waals surface area contributed by atoms with E-state index >= 15 is 0 Å². The lowest BCUT2D eigenvalue weighted by atomic mass is 10.0. The van der Waals surface area contributed by atoms with Gasteiger partial charge in [-0.2, -0.15) is 0 Å². The van der Waals surface area contributed by atoms with Gasteiger partial charge in [0.15, 0.2) is 0 Å². The van der Waals surface area contributed by atoms with Crippen LogP contribution in [0.15, 0.2) is 42.5 Å². The molecule has 2 rings (SSSR count). The van der Waals surface area contributed by atoms with Crippen LogP contribution in [0.1, 0.15) is 5.56 Å². The van der Waals surface area contributed by atoms with Crippen molar-refractivity contribution >= 4 is 17.5 Å². The first-order valence-electron chi connectivity index (χ1n) is 8.47. The van der Waals surface area contributed by atoms with Gasteiger partial charge in [0.1, 0.15) is 5.82 Å². The molecule has 0 aliphatic heterocycles. The van der Waals surface area contributed by atoms with Gasteiger partial charge < -0.3 is 15.5 Å². The molecule has 26 heavy (non-hydrogen) atoms. The van der Waals surface area contributed by atoms with Crippen molar-refractivity contribution in [2.75, 3.05) is 34.2 Å². The number of carbonyl (C=O) groups is 1. The first-order valence-corrected chi connectivity index (χ1v) is 8.85. The van der Waals surface area contributed by atoms with Gasteiger partial charge in [0.2, 0.25) is 5.91 Å². The van der Waals surface area contributed by atoms with Crippen LogP contribution in [-0.4, -0.2) is 56.0 Å². The largest absolute Gasteiger partial charge is 0.343 e. The van der Waals surface area contributed by atoms with E-state index in [1.54, 1.807) is 24.1 Å². The van der Waals surface area contributed by atoms with Crippen molar-refractivity contribution in [2.45, 2.75) is 12.5 Å².